The van der Waals surface area contributed by atoms with Crippen molar-refractivity contribution in [2.75, 3.05) is 39.0 Å². The second-order valence-corrected chi connectivity index (χ2v) is 6.85. The predicted octanol–water partition coefficient (Wildman–Crippen LogP) is -1.02. The number of carbonyl (C=O) groups is 1. The Bertz CT molecular complexity index is 491. The van der Waals surface area contributed by atoms with E-state index in [4.69, 9.17) is 9.88 Å². The molecule has 0 spiro atoms. The van der Waals surface area contributed by atoms with Crippen LogP contribution in [0, 0.1) is 11.8 Å². The van der Waals surface area contributed by atoms with E-state index in [1.54, 1.807) is 0 Å². The van der Waals surface area contributed by atoms with Crippen molar-refractivity contribution in [3.8, 4) is 0 Å². The van der Waals surface area contributed by atoms with Gasteiger partial charge in [-0.25, -0.2) is 13.6 Å². The number of rotatable bonds is 5. The maximum absolute atomic E-state index is 11.7. The number of nitrogens with two attached hydrogens (primary N) is 1. The molecule has 0 aromatic heterocycles. The molecule has 9 heteroatoms. The Balaban J connectivity index is 2.73. The number of nitrogens with zero attached hydrogens (tertiary/aromatic N) is 2. The number of carbonyl (C=O) groups excluding carboxylic acids is 1. The van der Waals surface area contributed by atoms with Crippen LogP contribution in [-0.4, -0.2) is 64.3 Å². The van der Waals surface area contributed by atoms with Crippen LogP contribution in [0.4, 0.5) is 0 Å². The summed E-state index contributed by atoms with van der Waals surface area (Å²) in [6.45, 7) is 5.83. The highest BCUT2D eigenvalue weighted by molar-refractivity contribution is 7.89. The molecule has 0 aromatic carbocycles. The van der Waals surface area contributed by atoms with E-state index in [9.17, 15) is 13.2 Å². The van der Waals surface area contributed by atoms with Gasteiger partial charge in [-0.15, -0.1) is 0 Å². The highest BCUT2D eigenvalue weighted by Crippen LogP contribution is 2.24. The molecular weight excluding hydrogens is 296 g/mol. The lowest BCUT2D eigenvalue weighted by atomic mass is 9.99. The molecule has 0 aliphatic carbocycles. The van der Waals surface area contributed by atoms with Gasteiger partial charge in [-0.1, -0.05) is 6.92 Å². The fraction of sp³-hybridized carbons (Fsp3) is 0.833. The maximum Gasteiger partial charge on any atom is 0.310 e. The Morgan fingerprint density at radius 3 is 2.67 bits per heavy atom. The number of hydrogen-bond donors (Lipinski definition) is 2. The molecule has 0 radical (unpaired) electrons. The molecule has 0 saturated carbocycles. The van der Waals surface area contributed by atoms with Gasteiger partial charge in [-0.3, -0.25) is 9.79 Å². The number of esters is 1. The molecule has 0 aromatic rings. The first-order valence-electron chi connectivity index (χ1n) is 6.90. The summed E-state index contributed by atoms with van der Waals surface area (Å²) in [5.41, 5.74) is 0. The van der Waals surface area contributed by atoms with Crippen molar-refractivity contribution in [2.45, 2.75) is 13.8 Å². The molecule has 1 fully saturated rings. The van der Waals surface area contributed by atoms with Crippen LogP contribution in [0.1, 0.15) is 13.8 Å². The molecule has 3 N–H and O–H groups in total. The first kappa shape index (κ1) is 17.7. The average Bonchev–Trinajstić information content (AvgIpc) is 2.77. The summed E-state index contributed by atoms with van der Waals surface area (Å²) < 4.78 is 26.7. The zero-order valence-corrected chi connectivity index (χ0v) is 13.5. The second kappa shape index (κ2) is 7.60. The summed E-state index contributed by atoms with van der Waals surface area (Å²) in [5.74, 6) is 0.118. The number of sulfonamides is 1. The molecule has 1 rings (SSSR count). The third kappa shape index (κ3) is 5.50. The third-order valence-corrected chi connectivity index (χ3v) is 4.14. The summed E-state index contributed by atoms with van der Waals surface area (Å²) in [7, 11) is -2.15. The molecule has 1 aliphatic heterocycles. The quantitative estimate of drug-likeness (QED) is 0.381. The third-order valence-electron chi connectivity index (χ3n) is 3.39. The molecule has 1 aliphatic rings. The minimum absolute atomic E-state index is 0.0922. The standard InChI is InChI=1S/C12H24N4O4S/c1-4-14-12(15-5-6-21(13,18)19)16-7-9(2)10(8-16)11(17)20-3/h9-10H,4-8H2,1-3H3,(H,14,15)(H2,13,18,19). The lowest BCUT2D eigenvalue weighted by molar-refractivity contribution is -0.145. The van der Waals surface area contributed by atoms with Crippen LogP contribution in [0.15, 0.2) is 4.99 Å². The molecule has 1 heterocycles. The number of methoxy groups -OCH3 is 1. The molecule has 2 atom stereocenters. The van der Waals surface area contributed by atoms with Crippen LogP contribution in [0.2, 0.25) is 0 Å². The van der Waals surface area contributed by atoms with Crippen molar-refractivity contribution in [1.29, 1.82) is 0 Å². The largest absolute Gasteiger partial charge is 0.469 e. The van der Waals surface area contributed by atoms with Crippen LogP contribution in [0.3, 0.4) is 0 Å². The number of hydrogen-bond acceptors (Lipinski definition) is 5. The molecule has 8 nitrogen and oxygen atoms in total. The Hall–Kier alpha value is -1.35. The summed E-state index contributed by atoms with van der Waals surface area (Å²) in [6.07, 6.45) is 0. The van der Waals surface area contributed by atoms with Gasteiger partial charge in [0.25, 0.3) is 0 Å². The molecule has 0 bridgehead atoms. The molecule has 1 saturated heterocycles. The Morgan fingerprint density at radius 1 is 1.48 bits per heavy atom. The van der Waals surface area contributed by atoms with Gasteiger partial charge in [-0.2, -0.15) is 0 Å². The van der Waals surface area contributed by atoms with E-state index >= 15 is 0 Å². The lowest BCUT2D eigenvalue weighted by Crippen LogP contribution is -2.41. The summed E-state index contributed by atoms with van der Waals surface area (Å²) in [4.78, 5) is 17.9. The number of likely N-dealkylation sites (tertiary alicyclic amines) is 1. The van der Waals surface area contributed by atoms with Crippen LogP contribution in [0.25, 0.3) is 0 Å². The topological polar surface area (TPSA) is 114 Å². The first-order chi connectivity index (χ1) is 9.78. The van der Waals surface area contributed by atoms with E-state index < -0.39 is 10.0 Å². The van der Waals surface area contributed by atoms with Gasteiger partial charge in [0.1, 0.15) is 0 Å². The smallest absolute Gasteiger partial charge is 0.310 e. The predicted molar refractivity (Wildman–Crippen MR) is 80.2 cm³/mol. The Morgan fingerprint density at radius 2 is 2.14 bits per heavy atom. The van der Waals surface area contributed by atoms with Crippen LogP contribution >= 0.6 is 0 Å². The van der Waals surface area contributed by atoms with Gasteiger partial charge in [0.15, 0.2) is 5.96 Å². The number of aliphatic imine (C=N–C) groups is 1. The SMILES string of the molecule is CCNC(=NCCS(N)(=O)=O)N1CC(C)C(C(=O)OC)C1. The first-order valence-corrected chi connectivity index (χ1v) is 8.61. The van der Waals surface area contributed by atoms with Crippen molar-refractivity contribution in [1.82, 2.24) is 10.2 Å². The average molecular weight is 320 g/mol. The summed E-state index contributed by atoms with van der Waals surface area (Å²) in [6, 6.07) is 0. The minimum Gasteiger partial charge on any atom is -0.469 e. The zero-order valence-electron chi connectivity index (χ0n) is 12.7. The van der Waals surface area contributed by atoms with Crippen molar-refractivity contribution < 1.29 is 17.9 Å². The molecule has 2 unspecified atom stereocenters. The van der Waals surface area contributed by atoms with E-state index in [0.717, 1.165) is 0 Å². The second-order valence-electron chi connectivity index (χ2n) is 5.11. The highest BCUT2D eigenvalue weighted by atomic mass is 32.2. The van der Waals surface area contributed by atoms with Gasteiger partial charge in [0.2, 0.25) is 10.0 Å². The molecular formula is C12H24N4O4S. The van der Waals surface area contributed by atoms with E-state index in [2.05, 4.69) is 10.3 Å². The van der Waals surface area contributed by atoms with Crippen LogP contribution in [0.5, 0.6) is 0 Å². The lowest BCUT2D eigenvalue weighted by Gasteiger charge is -2.21. The Kier molecular flexibility index (Phi) is 6.41. The van der Waals surface area contributed by atoms with E-state index in [1.165, 1.54) is 7.11 Å². The van der Waals surface area contributed by atoms with E-state index in [-0.39, 0.29) is 30.1 Å². The number of guanidine groups is 1. The molecule has 122 valence electrons. The molecule has 21 heavy (non-hydrogen) atoms. The fourth-order valence-corrected chi connectivity index (χ4v) is 2.65. The van der Waals surface area contributed by atoms with Crippen molar-refractivity contribution >= 4 is 22.0 Å². The van der Waals surface area contributed by atoms with E-state index in [0.29, 0.717) is 25.6 Å². The van der Waals surface area contributed by atoms with Gasteiger partial charge in [0, 0.05) is 19.6 Å². The zero-order chi connectivity index (χ0) is 16.0. The minimum atomic E-state index is -3.52. The van der Waals surface area contributed by atoms with Gasteiger partial charge in [0.05, 0.1) is 25.3 Å². The molecule has 0 amide bonds. The monoisotopic (exact) mass is 320 g/mol. The highest BCUT2D eigenvalue weighted by Gasteiger charge is 2.36. The number of ether oxygens (including phenoxy) is 1. The van der Waals surface area contributed by atoms with E-state index in [1.807, 2.05) is 18.7 Å². The normalized spacial score (nSPS) is 23.2. The fourth-order valence-electron chi connectivity index (χ4n) is 2.30. The van der Waals surface area contributed by atoms with Crippen LogP contribution < -0.4 is 10.5 Å². The van der Waals surface area contributed by atoms with Crippen molar-refractivity contribution in [3.05, 3.63) is 0 Å². The van der Waals surface area contributed by atoms with Crippen LogP contribution in [-0.2, 0) is 19.6 Å². The van der Waals surface area contributed by atoms with Gasteiger partial charge >= 0.3 is 5.97 Å². The van der Waals surface area contributed by atoms with Crippen molar-refractivity contribution in [2.24, 2.45) is 22.0 Å². The number of nitrogens with one attached hydrogen (secondary N) is 1. The summed E-state index contributed by atoms with van der Waals surface area (Å²) >= 11 is 0. The maximum atomic E-state index is 11.7. The van der Waals surface area contributed by atoms with Gasteiger partial charge in [-0.05, 0) is 12.8 Å². The Labute approximate surface area is 125 Å². The van der Waals surface area contributed by atoms with Crippen molar-refractivity contribution in [3.63, 3.8) is 0 Å². The number of primary sulfonamides is 1. The summed E-state index contributed by atoms with van der Waals surface area (Å²) in [5, 5.41) is 8.06. The van der Waals surface area contributed by atoms with Gasteiger partial charge < -0.3 is 15.0 Å².